The number of nitrogens with zero attached hydrogens (tertiary/aromatic N) is 1. The van der Waals surface area contributed by atoms with Crippen LogP contribution in [0.3, 0.4) is 0 Å². The maximum Gasteiger partial charge on any atom is 0.341 e. The maximum atomic E-state index is 13.0. The van der Waals surface area contributed by atoms with E-state index in [1.54, 1.807) is 38.3 Å². The number of para-hydroxylation sites is 1. The van der Waals surface area contributed by atoms with Crippen molar-refractivity contribution in [2.24, 2.45) is 0 Å². The number of carbonyl (C=O) groups excluding carboxylic acids is 3. The van der Waals surface area contributed by atoms with Crippen molar-refractivity contribution < 1.29 is 23.9 Å². The van der Waals surface area contributed by atoms with Gasteiger partial charge >= 0.3 is 5.97 Å². The normalized spacial score (nSPS) is 12.2. The summed E-state index contributed by atoms with van der Waals surface area (Å²) in [7, 11) is 1.59. The molecule has 1 aliphatic carbocycles. The summed E-state index contributed by atoms with van der Waals surface area (Å²) >= 11 is 2.93. The molecule has 2 heterocycles. The number of ether oxygens (including phenoxy) is 2. The van der Waals surface area contributed by atoms with Gasteiger partial charge in [-0.05, 0) is 62.1 Å². The molecule has 5 rings (SSSR count). The Bertz CT molecular complexity index is 1540. The molecule has 8 nitrogen and oxygen atoms in total. The predicted octanol–water partition coefficient (Wildman–Crippen LogP) is 5.54. The van der Waals surface area contributed by atoms with Crippen LogP contribution < -0.4 is 15.4 Å². The van der Waals surface area contributed by atoms with E-state index in [0.717, 1.165) is 45.5 Å². The first-order valence-corrected chi connectivity index (χ1v) is 15.0. The number of nitrogens with one attached hydrogen (secondary N) is 2. The highest BCUT2D eigenvalue weighted by atomic mass is 32.2. The van der Waals surface area contributed by atoms with Gasteiger partial charge in [0.2, 0.25) is 5.91 Å². The second-order valence-corrected chi connectivity index (χ2v) is 11.4. The minimum absolute atomic E-state index is 0.146. The predicted molar refractivity (Wildman–Crippen MR) is 159 cm³/mol. The minimum Gasteiger partial charge on any atom is -0.497 e. The second kappa shape index (κ2) is 12.6. The first kappa shape index (κ1) is 27.8. The van der Waals surface area contributed by atoms with Crippen LogP contribution in [0.15, 0.2) is 59.6 Å². The van der Waals surface area contributed by atoms with E-state index in [4.69, 9.17) is 9.47 Å². The average Bonchev–Trinajstić information content (AvgIpc) is 3.65. The third-order valence-corrected chi connectivity index (χ3v) is 9.01. The van der Waals surface area contributed by atoms with Gasteiger partial charge in [0, 0.05) is 45.5 Å². The Morgan fingerprint density at radius 1 is 1.07 bits per heavy atom. The summed E-state index contributed by atoms with van der Waals surface area (Å²) in [5.74, 6) is 0.221. The number of anilines is 1. The van der Waals surface area contributed by atoms with Gasteiger partial charge in [0.15, 0.2) is 0 Å². The zero-order valence-electron chi connectivity index (χ0n) is 22.5. The Kier molecular flexibility index (Phi) is 8.76. The van der Waals surface area contributed by atoms with Crippen molar-refractivity contribution in [2.75, 3.05) is 31.3 Å². The second-order valence-electron chi connectivity index (χ2n) is 9.31. The molecular formula is C30H31N3O5S2. The first-order chi connectivity index (χ1) is 19.5. The number of hydrogen-bond acceptors (Lipinski definition) is 7. The molecule has 0 spiro atoms. The topological polar surface area (TPSA) is 98.7 Å². The summed E-state index contributed by atoms with van der Waals surface area (Å²) in [6.07, 6.45) is 4.81. The van der Waals surface area contributed by atoms with Gasteiger partial charge in [0.05, 0.1) is 25.0 Å². The smallest absolute Gasteiger partial charge is 0.341 e. The molecule has 0 aliphatic heterocycles. The summed E-state index contributed by atoms with van der Waals surface area (Å²) < 4.78 is 12.5. The fraction of sp³-hybridized carbons (Fsp3) is 0.300. The van der Waals surface area contributed by atoms with Crippen molar-refractivity contribution in [2.45, 2.75) is 37.6 Å². The van der Waals surface area contributed by atoms with Gasteiger partial charge in [-0.15, -0.1) is 23.1 Å². The zero-order valence-corrected chi connectivity index (χ0v) is 24.1. The largest absolute Gasteiger partial charge is 0.497 e. The molecule has 0 atom stereocenters. The van der Waals surface area contributed by atoms with Crippen molar-refractivity contribution >= 4 is 56.8 Å². The molecule has 40 heavy (non-hydrogen) atoms. The molecule has 0 radical (unpaired) electrons. The van der Waals surface area contributed by atoms with E-state index < -0.39 is 0 Å². The fourth-order valence-electron chi connectivity index (χ4n) is 4.86. The number of fused-ring (bicyclic) bond motifs is 2. The molecule has 2 N–H and O–H groups in total. The summed E-state index contributed by atoms with van der Waals surface area (Å²) in [5, 5.41) is 7.57. The molecule has 2 aromatic carbocycles. The van der Waals surface area contributed by atoms with Crippen LogP contribution in [0.5, 0.6) is 5.75 Å². The van der Waals surface area contributed by atoms with E-state index >= 15 is 0 Å². The number of benzene rings is 2. The van der Waals surface area contributed by atoms with Crippen molar-refractivity contribution in [3.63, 3.8) is 0 Å². The molecule has 208 valence electrons. The fourth-order valence-corrected chi connectivity index (χ4v) is 7.05. The maximum absolute atomic E-state index is 13.0. The molecule has 0 fully saturated rings. The van der Waals surface area contributed by atoms with E-state index in [9.17, 15) is 14.4 Å². The van der Waals surface area contributed by atoms with Crippen LogP contribution in [0.1, 0.15) is 44.5 Å². The van der Waals surface area contributed by atoms with Crippen molar-refractivity contribution in [1.82, 2.24) is 9.88 Å². The number of carbonyl (C=O) groups is 3. The Labute approximate surface area is 241 Å². The first-order valence-electron chi connectivity index (χ1n) is 13.2. The lowest BCUT2D eigenvalue weighted by atomic mass is 10.1. The standard InChI is InChI=1S/C30H31N3O5S2/c1-3-38-30(36)27-22-8-6-10-24(22)40-29(27)32-26(34)18-39-25-17-33(23-9-5-4-7-21(23)25)16-15-31-28(35)19-11-13-20(37-2)14-12-19/h4-5,7,9,11-14,17H,3,6,8,10,15-16,18H2,1-2H3,(H,31,35)(H,32,34). The van der Waals surface area contributed by atoms with Crippen LogP contribution in [-0.2, 0) is 28.9 Å². The van der Waals surface area contributed by atoms with Crippen LogP contribution in [0.2, 0.25) is 0 Å². The number of amides is 2. The van der Waals surface area contributed by atoms with Gasteiger partial charge in [0.25, 0.3) is 5.91 Å². The van der Waals surface area contributed by atoms with E-state index in [2.05, 4.69) is 15.2 Å². The van der Waals surface area contributed by atoms with Gasteiger partial charge in [-0.3, -0.25) is 9.59 Å². The molecule has 0 unspecified atom stereocenters. The third kappa shape index (κ3) is 6.03. The number of thiophene rings is 1. The van der Waals surface area contributed by atoms with Crippen LogP contribution >= 0.6 is 23.1 Å². The van der Waals surface area contributed by atoms with Gasteiger partial charge in [-0.25, -0.2) is 4.79 Å². The number of rotatable bonds is 11. The van der Waals surface area contributed by atoms with Crippen LogP contribution in [0.25, 0.3) is 10.9 Å². The van der Waals surface area contributed by atoms with Crippen molar-refractivity contribution in [3.05, 3.63) is 76.3 Å². The lowest BCUT2D eigenvalue weighted by Gasteiger charge is -2.08. The highest BCUT2D eigenvalue weighted by Crippen LogP contribution is 2.40. The Balaban J connectivity index is 1.22. The highest BCUT2D eigenvalue weighted by Gasteiger charge is 2.28. The molecule has 0 saturated carbocycles. The highest BCUT2D eigenvalue weighted by molar-refractivity contribution is 8.00. The number of esters is 1. The quantitative estimate of drug-likeness (QED) is 0.180. The number of methoxy groups -OCH3 is 1. The Morgan fingerprint density at radius 3 is 2.65 bits per heavy atom. The molecule has 0 bridgehead atoms. The van der Waals surface area contributed by atoms with E-state index in [0.29, 0.717) is 41.6 Å². The SMILES string of the molecule is CCOC(=O)c1c(NC(=O)CSc2cn(CCNC(=O)c3ccc(OC)cc3)c3ccccc23)sc2c1CCC2. The van der Waals surface area contributed by atoms with Crippen LogP contribution in [-0.4, -0.2) is 48.4 Å². The number of aromatic nitrogens is 1. The average molecular weight is 578 g/mol. The number of aryl methyl sites for hydroxylation is 1. The number of hydrogen-bond donors (Lipinski definition) is 2. The van der Waals surface area contributed by atoms with Gasteiger partial charge in [0.1, 0.15) is 10.8 Å². The molecular weight excluding hydrogens is 546 g/mol. The van der Waals surface area contributed by atoms with Gasteiger partial charge in [-0.1, -0.05) is 18.2 Å². The molecule has 1 aliphatic rings. The molecule has 2 amide bonds. The van der Waals surface area contributed by atoms with E-state index in [-0.39, 0.29) is 23.5 Å². The van der Waals surface area contributed by atoms with E-state index in [1.807, 2.05) is 30.5 Å². The van der Waals surface area contributed by atoms with Gasteiger partial charge in [-0.2, -0.15) is 0 Å². The van der Waals surface area contributed by atoms with Crippen molar-refractivity contribution in [1.29, 1.82) is 0 Å². The Morgan fingerprint density at radius 2 is 1.88 bits per heavy atom. The zero-order chi connectivity index (χ0) is 28.1. The molecule has 2 aromatic heterocycles. The summed E-state index contributed by atoms with van der Waals surface area (Å²) in [4.78, 5) is 40.3. The summed E-state index contributed by atoms with van der Waals surface area (Å²) in [6, 6.07) is 15.0. The summed E-state index contributed by atoms with van der Waals surface area (Å²) in [5.41, 5.74) is 3.14. The molecule has 0 saturated heterocycles. The Hall–Kier alpha value is -3.76. The van der Waals surface area contributed by atoms with E-state index in [1.165, 1.54) is 23.1 Å². The van der Waals surface area contributed by atoms with Crippen LogP contribution in [0, 0.1) is 0 Å². The van der Waals surface area contributed by atoms with Crippen LogP contribution in [0.4, 0.5) is 5.00 Å². The lowest BCUT2D eigenvalue weighted by Crippen LogP contribution is -2.27. The monoisotopic (exact) mass is 577 g/mol. The van der Waals surface area contributed by atoms with Crippen molar-refractivity contribution in [3.8, 4) is 5.75 Å². The molecule has 4 aromatic rings. The number of thioether (sulfide) groups is 1. The van der Waals surface area contributed by atoms with Gasteiger partial charge < -0.3 is 24.7 Å². The molecule has 10 heteroatoms. The third-order valence-electron chi connectivity index (χ3n) is 6.76. The summed E-state index contributed by atoms with van der Waals surface area (Å²) in [6.45, 7) is 3.11. The minimum atomic E-state index is -0.369. The lowest BCUT2D eigenvalue weighted by molar-refractivity contribution is -0.113.